The zero-order valence-electron chi connectivity index (χ0n) is 13.1. The number of hydrogen-bond acceptors (Lipinski definition) is 4. The molecular weight excluding hydrogens is 286 g/mol. The van der Waals surface area contributed by atoms with Gasteiger partial charge in [0.15, 0.2) is 0 Å². The van der Waals surface area contributed by atoms with E-state index in [1.807, 2.05) is 0 Å². The summed E-state index contributed by atoms with van der Waals surface area (Å²) in [5.41, 5.74) is 0. The fourth-order valence-electron chi connectivity index (χ4n) is 1.80. The third-order valence-corrected chi connectivity index (χ3v) is 3.73. The highest BCUT2D eigenvalue weighted by atomic mass is 32.1. The highest BCUT2D eigenvalue weighted by Gasteiger charge is 2.06. The second kappa shape index (κ2) is 11.4. The van der Waals surface area contributed by atoms with E-state index in [0.29, 0.717) is 24.0 Å². The quantitative estimate of drug-likeness (QED) is 0.595. The zero-order chi connectivity index (χ0) is 15.3. The molecule has 1 rings (SSSR count). The van der Waals surface area contributed by atoms with Gasteiger partial charge in [-0.3, -0.25) is 5.32 Å². The molecule has 0 unspecified atom stereocenters. The van der Waals surface area contributed by atoms with E-state index in [4.69, 9.17) is 4.74 Å². The predicted octanol–water partition coefficient (Wildman–Crippen LogP) is 4.41. The van der Waals surface area contributed by atoms with Crippen LogP contribution in [0.5, 0.6) is 5.88 Å². The van der Waals surface area contributed by atoms with Crippen LogP contribution in [0, 0.1) is 0 Å². The lowest BCUT2D eigenvalue weighted by atomic mass is 10.2. The van der Waals surface area contributed by atoms with Crippen LogP contribution >= 0.6 is 11.5 Å². The molecule has 1 aromatic heterocycles. The Kier molecular flexibility index (Phi) is 9.61. The first kappa shape index (κ1) is 17.8. The van der Waals surface area contributed by atoms with E-state index in [0.717, 1.165) is 19.3 Å². The Morgan fingerprint density at radius 2 is 1.95 bits per heavy atom. The molecule has 0 aromatic carbocycles. The number of hydrogen-bond donors (Lipinski definition) is 2. The molecule has 2 amide bonds. The van der Waals surface area contributed by atoms with E-state index in [2.05, 4.69) is 28.9 Å². The highest BCUT2D eigenvalue weighted by molar-refractivity contribution is 7.10. The van der Waals surface area contributed by atoms with Gasteiger partial charge in [-0.05, 0) is 24.4 Å². The summed E-state index contributed by atoms with van der Waals surface area (Å²) in [6.07, 6.45) is 8.11. The van der Waals surface area contributed by atoms with E-state index >= 15 is 0 Å². The minimum absolute atomic E-state index is 0.182. The predicted molar refractivity (Wildman–Crippen MR) is 88.3 cm³/mol. The van der Waals surface area contributed by atoms with Crippen molar-refractivity contribution in [1.29, 1.82) is 0 Å². The van der Waals surface area contributed by atoms with Crippen LogP contribution < -0.4 is 15.4 Å². The van der Waals surface area contributed by atoms with Crippen molar-refractivity contribution < 1.29 is 9.53 Å². The van der Waals surface area contributed by atoms with Gasteiger partial charge in [0, 0.05) is 12.6 Å². The van der Waals surface area contributed by atoms with Gasteiger partial charge >= 0.3 is 6.03 Å². The highest BCUT2D eigenvalue weighted by Crippen LogP contribution is 2.21. The lowest BCUT2D eigenvalue weighted by molar-refractivity contribution is 0.252. The molecule has 1 aromatic rings. The third-order valence-electron chi connectivity index (χ3n) is 3.04. The Hall–Kier alpha value is -1.30. The topological polar surface area (TPSA) is 63.2 Å². The van der Waals surface area contributed by atoms with Crippen molar-refractivity contribution in [2.75, 3.05) is 18.5 Å². The molecule has 21 heavy (non-hydrogen) atoms. The molecule has 0 aliphatic heterocycles. The lowest BCUT2D eigenvalue weighted by Crippen LogP contribution is -2.29. The summed E-state index contributed by atoms with van der Waals surface area (Å²) in [6, 6.07) is 1.59. The minimum atomic E-state index is -0.182. The minimum Gasteiger partial charge on any atom is -0.477 e. The Morgan fingerprint density at radius 3 is 2.71 bits per heavy atom. The van der Waals surface area contributed by atoms with E-state index < -0.39 is 0 Å². The largest absolute Gasteiger partial charge is 0.477 e. The number of aromatic nitrogens is 1. The van der Waals surface area contributed by atoms with Gasteiger partial charge in [-0.15, -0.1) is 0 Å². The van der Waals surface area contributed by atoms with E-state index in [-0.39, 0.29) is 6.03 Å². The van der Waals surface area contributed by atoms with Gasteiger partial charge in [0.2, 0.25) is 5.88 Å². The van der Waals surface area contributed by atoms with Crippen molar-refractivity contribution in [3.05, 3.63) is 6.07 Å². The van der Waals surface area contributed by atoms with Gasteiger partial charge in [0.1, 0.15) is 5.00 Å². The first-order valence-electron chi connectivity index (χ1n) is 7.90. The molecule has 0 radical (unpaired) electrons. The molecule has 0 saturated carbocycles. The molecule has 6 heteroatoms. The maximum atomic E-state index is 11.6. The fourth-order valence-corrected chi connectivity index (χ4v) is 2.39. The third kappa shape index (κ3) is 8.55. The van der Waals surface area contributed by atoms with Crippen molar-refractivity contribution in [1.82, 2.24) is 9.69 Å². The molecule has 0 spiro atoms. The Bertz CT molecular complexity index is 396. The number of urea groups is 1. The molecule has 120 valence electrons. The summed E-state index contributed by atoms with van der Waals surface area (Å²) in [6.45, 7) is 5.69. The number of rotatable bonds is 11. The van der Waals surface area contributed by atoms with E-state index in [9.17, 15) is 4.79 Å². The average molecular weight is 313 g/mol. The average Bonchev–Trinajstić information content (AvgIpc) is 2.90. The second-order valence-corrected chi connectivity index (χ2v) is 5.83. The maximum absolute atomic E-state index is 11.6. The summed E-state index contributed by atoms with van der Waals surface area (Å²) < 4.78 is 9.75. The Morgan fingerprint density at radius 1 is 1.19 bits per heavy atom. The maximum Gasteiger partial charge on any atom is 0.319 e. The van der Waals surface area contributed by atoms with E-state index in [1.165, 1.54) is 37.2 Å². The monoisotopic (exact) mass is 313 g/mol. The van der Waals surface area contributed by atoms with Crippen LogP contribution in [0.1, 0.15) is 58.8 Å². The number of amides is 2. The normalized spacial score (nSPS) is 10.4. The SMILES string of the molecule is CCCCCCCOc1cc(NC(=O)NCCCC)sn1. The second-order valence-electron chi connectivity index (χ2n) is 5.03. The first-order chi connectivity index (χ1) is 10.3. The molecule has 0 aliphatic rings. The summed E-state index contributed by atoms with van der Waals surface area (Å²) in [5, 5.41) is 6.28. The van der Waals surface area contributed by atoms with Crippen LogP contribution in [0.3, 0.4) is 0 Å². The summed E-state index contributed by atoms with van der Waals surface area (Å²) >= 11 is 1.24. The Balaban J connectivity index is 2.16. The summed E-state index contributed by atoms with van der Waals surface area (Å²) in [4.78, 5) is 11.6. The van der Waals surface area contributed by atoms with Gasteiger partial charge in [0.25, 0.3) is 0 Å². The van der Waals surface area contributed by atoms with Crippen LogP contribution in [-0.2, 0) is 0 Å². The number of anilines is 1. The van der Waals surface area contributed by atoms with Gasteiger partial charge in [-0.2, -0.15) is 4.37 Å². The smallest absolute Gasteiger partial charge is 0.319 e. The van der Waals surface area contributed by atoms with Crippen LogP contribution in [0.25, 0.3) is 0 Å². The number of nitrogens with zero attached hydrogens (tertiary/aromatic N) is 1. The van der Waals surface area contributed by atoms with Crippen molar-refractivity contribution in [3.8, 4) is 5.88 Å². The molecule has 0 saturated heterocycles. The van der Waals surface area contributed by atoms with Crippen LogP contribution in [0.2, 0.25) is 0 Å². The van der Waals surface area contributed by atoms with Crippen LogP contribution in [-0.4, -0.2) is 23.6 Å². The molecule has 1 heterocycles. The molecule has 5 nitrogen and oxygen atoms in total. The van der Waals surface area contributed by atoms with Gasteiger partial charge < -0.3 is 10.1 Å². The van der Waals surface area contributed by atoms with Crippen molar-refractivity contribution in [3.63, 3.8) is 0 Å². The molecule has 0 fully saturated rings. The van der Waals surface area contributed by atoms with Crippen LogP contribution in [0.15, 0.2) is 6.07 Å². The molecule has 0 bridgehead atoms. The van der Waals surface area contributed by atoms with Gasteiger partial charge in [-0.1, -0.05) is 46.0 Å². The van der Waals surface area contributed by atoms with Gasteiger partial charge in [-0.25, -0.2) is 4.79 Å². The standard InChI is InChI=1S/C15H27N3O2S/c1-3-5-7-8-9-11-20-13-12-14(21-18-13)17-15(19)16-10-6-4-2/h12H,3-11H2,1-2H3,(H2,16,17,19). The van der Waals surface area contributed by atoms with Crippen molar-refractivity contribution in [2.24, 2.45) is 0 Å². The van der Waals surface area contributed by atoms with Crippen LogP contribution in [0.4, 0.5) is 9.80 Å². The molecular formula is C15H27N3O2S. The summed E-state index contributed by atoms with van der Waals surface area (Å²) in [5.74, 6) is 0.597. The van der Waals surface area contributed by atoms with Crippen molar-refractivity contribution >= 4 is 22.6 Å². The van der Waals surface area contributed by atoms with Gasteiger partial charge in [0.05, 0.1) is 6.61 Å². The number of carbonyl (C=O) groups is 1. The Labute approximate surface area is 131 Å². The number of carbonyl (C=O) groups excluding carboxylic acids is 1. The molecule has 0 atom stereocenters. The zero-order valence-corrected chi connectivity index (χ0v) is 13.9. The fraction of sp³-hybridized carbons (Fsp3) is 0.733. The summed E-state index contributed by atoms with van der Waals surface area (Å²) in [7, 11) is 0. The number of ether oxygens (including phenoxy) is 1. The molecule has 2 N–H and O–H groups in total. The number of nitrogens with one attached hydrogen (secondary N) is 2. The van der Waals surface area contributed by atoms with Crippen molar-refractivity contribution in [2.45, 2.75) is 58.8 Å². The van der Waals surface area contributed by atoms with E-state index in [1.54, 1.807) is 6.07 Å². The lowest BCUT2D eigenvalue weighted by Gasteiger charge is -2.04. The number of unbranched alkanes of at least 4 members (excludes halogenated alkanes) is 5. The molecule has 0 aliphatic carbocycles. The first-order valence-corrected chi connectivity index (χ1v) is 8.68.